The maximum atomic E-state index is 12.5. The number of amides is 2. The van der Waals surface area contributed by atoms with Crippen molar-refractivity contribution in [2.45, 2.75) is 11.8 Å². The van der Waals surface area contributed by atoms with E-state index in [-0.39, 0.29) is 31.1 Å². The van der Waals surface area contributed by atoms with Gasteiger partial charge in [-0.2, -0.15) is 15.6 Å². The number of piperazine rings is 1. The van der Waals surface area contributed by atoms with Gasteiger partial charge in [0.05, 0.1) is 16.8 Å². The Morgan fingerprint density at radius 1 is 1.19 bits per heavy atom. The van der Waals surface area contributed by atoms with Gasteiger partial charge < -0.3 is 10.2 Å². The van der Waals surface area contributed by atoms with E-state index in [0.717, 1.165) is 5.56 Å². The maximum absolute atomic E-state index is 12.5. The van der Waals surface area contributed by atoms with Gasteiger partial charge in [-0.1, -0.05) is 0 Å². The van der Waals surface area contributed by atoms with Crippen molar-refractivity contribution in [1.82, 2.24) is 14.2 Å². The van der Waals surface area contributed by atoms with E-state index in [1.807, 2.05) is 0 Å². The molecule has 3 rings (SSSR count). The SMILES string of the molecule is Cc1ccncc1NC(=O)C(=O)N1CCN(S(=O)(=O)c2ccsc2)CC1. The van der Waals surface area contributed by atoms with Crippen LogP contribution in [0.1, 0.15) is 5.56 Å². The number of aromatic nitrogens is 1. The lowest BCUT2D eigenvalue weighted by Gasteiger charge is -2.33. The normalized spacial score (nSPS) is 15.7. The molecule has 0 saturated carbocycles. The Labute approximate surface area is 155 Å². The minimum atomic E-state index is -3.55. The minimum Gasteiger partial charge on any atom is -0.332 e. The van der Waals surface area contributed by atoms with Gasteiger partial charge in [0.15, 0.2) is 0 Å². The van der Waals surface area contributed by atoms with Gasteiger partial charge in [-0.05, 0) is 30.0 Å². The first-order valence-corrected chi connectivity index (χ1v) is 10.3. The highest BCUT2D eigenvalue weighted by Crippen LogP contribution is 2.20. The molecule has 2 amide bonds. The summed E-state index contributed by atoms with van der Waals surface area (Å²) in [5, 5.41) is 5.83. The van der Waals surface area contributed by atoms with Gasteiger partial charge in [-0.25, -0.2) is 8.42 Å². The lowest BCUT2D eigenvalue weighted by molar-refractivity contribution is -0.143. The molecule has 0 bridgehead atoms. The van der Waals surface area contributed by atoms with Crippen molar-refractivity contribution >= 4 is 38.9 Å². The maximum Gasteiger partial charge on any atom is 0.313 e. The van der Waals surface area contributed by atoms with Crippen LogP contribution in [0.3, 0.4) is 0 Å². The Kier molecular flexibility index (Phi) is 5.35. The molecule has 1 saturated heterocycles. The summed E-state index contributed by atoms with van der Waals surface area (Å²) in [6, 6.07) is 3.29. The number of nitrogens with one attached hydrogen (secondary N) is 1. The summed E-state index contributed by atoms with van der Waals surface area (Å²) in [6.45, 7) is 2.45. The number of hydrogen-bond acceptors (Lipinski definition) is 6. The van der Waals surface area contributed by atoms with Crippen molar-refractivity contribution in [3.8, 4) is 0 Å². The lowest BCUT2D eigenvalue weighted by atomic mass is 10.2. The van der Waals surface area contributed by atoms with E-state index in [9.17, 15) is 18.0 Å². The van der Waals surface area contributed by atoms with E-state index in [0.29, 0.717) is 5.69 Å². The van der Waals surface area contributed by atoms with Crippen molar-refractivity contribution in [3.05, 3.63) is 40.8 Å². The van der Waals surface area contributed by atoms with Gasteiger partial charge >= 0.3 is 11.8 Å². The summed E-state index contributed by atoms with van der Waals surface area (Å²) in [5.41, 5.74) is 1.28. The van der Waals surface area contributed by atoms with E-state index < -0.39 is 21.8 Å². The molecule has 2 aromatic rings. The molecule has 0 atom stereocenters. The third-order valence-corrected chi connectivity index (χ3v) is 6.87. The van der Waals surface area contributed by atoms with E-state index >= 15 is 0 Å². The second-order valence-electron chi connectivity index (χ2n) is 5.80. The molecule has 0 radical (unpaired) electrons. The highest BCUT2D eigenvalue weighted by atomic mass is 32.2. The van der Waals surface area contributed by atoms with Crippen LogP contribution in [-0.4, -0.2) is 60.6 Å². The first-order chi connectivity index (χ1) is 12.4. The molecule has 138 valence electrons. The number of pyridine rings is 1. The summed E-state index contributed by atoms with van der Waals surface area (Å²) in [4.78, 5) is 30.0. The predicted molar refractivity (Wildman–Crippen MR) is 97.3 cm³/mol. The van der Waals surface area contributed by atoms with Crippen LogP contribution in [0.15, 0.2) is 40.2 Å². The molecule has 1 aliphatic heterocycles. The Morgan fingerprint density at radius 2 is 1.92 bits per heavy atom. The van der Waals surface area contributed by atoms with Gasteiger partial charge in [0.25, 0.3) is 0 Å². The molecule has 26 heavy (non-hydrogen) atoms. The van der Waals surface area contributed by atoms with Gasteiger partial charge in [0.2, 0.25) is 10.0 Å². The Balaban J connectivity index is 1.60. The average molecular weight is 394 g/mol. The zero-order valence-electron chi connectivity index (χ0n) is 14.1. The number of thiophene rings is 1. The van der Waals surface area contributed by atoms with Gasteiger partial charge in [0, 0.05) is 37.8 Å². The molecular formula is C16H18N4O4S2. The smallest absolute Gasteiger partial charge is 0.313 e. The fraction of sp³-hybridized carbons (Fsp3) is 0.312. The third kappa shape index (κ3) is 3.76. The largest absolute Gasteiger partial charge is 0.332 e. The summed E-state index contributed by atoms with van der Waals surface area (Å²) in [7, 11) is -3.55. The van der Waals surface area contributed by atoms with Crippen LogP contribution in [-0.2, 0) is 19.6 Å². The van der Waals surface area contributed by atoms with Gasteiger partial charge in [-0.3, -0.25) is 14.6 Å². The molecule has 3 heterocycles. The third-order valence-electron chi connectivity index (χ3n) is 4.14. The summed E-state index contributed by atoms with van der Waals surface area (Å²) >= 11 is 1.31. The molecule has 0 spiro atoms. The average Bonchev–Trinajstić information content (AvgIpc) is 3.18. The minimum absolute atomic E-state index is 0.156. The van der Waals surface area contributed by atoms with Crippen molar-refractivity contribution < 1.29 is 18.0 Å². The van der Waals surface area contributed by atoms with Crippen molar-refractivity contribution in [2.24, 2.45) is 0 Å². The second kappa shape index (κ2) is 7.52. The predicted octanol–water partition coefficient (Wildman–Crippen LogP) is 0.923. The second-order valence-corrected chi connectivity index (χ2v) is 8.52. The van der Waals surface area contributed by atoms with Crippen molar-refractivity contribution in [2.75, 3.05) is 31.5 Å². The van der Waals surface area contributed by atoms with E-state index in [2.05, 4.69) is 10.3 Å². The topological polar surface area (TPSA) is 99.7 Å². The van der Waals surface area contributed by atoms with Crippen molar-refractivity contribution in [3.63, 3.8) is 0 Å². The molecule has 8 nitrogen and oxygen atoms in total. The van der Waals surface area contributed by atoms with Gasteiger partial charge in [-0.15, -0.1) is 0 Å². The lowest BCUT2D eigenvalue weighted by Crippen LogP contribution is -2.52. The first kappa shape index (κ1) is 18.5. The molecule has 1 fully saturated rings. The number of carbonyl (C=O) groups is 2. The van der Waals surface area contributed by atoms with E-state index in [1.165, 1.54) is 26.7 Å². The quantitative estimate of drug-likeness (QED) is 0.781. The molecule has 0 unspecified atom stereocenters. The number of sulfonamides is 1. The highest BCUT2D eigenvalue weighted by Gasteiger charge is 2.32. The zero-order valence-corrected chi connectivity index (χ0v) is 15.7. The molecule has 1 N–H and O–H groups in total. The first-order valence-electron chi connectivity index (χ1n) is 7.93. The number of rotatable bonds is 3. The highest BCUT2D eigenvalue weighted by molar-refractivity contribution is 7.89. The standard InChI is InChI=1S/C16H18N4O4S2/c1-12-2-4-17-10-14(12)18-15(21)16(22)19-5-7-20(8-6-19)26(23,24)13-3-9-25-11-13/h2-4,9-11H,5-8H2,1H3,(H,18,21). The Bertz CT molecular complexity index is 904. The summed E-state index contributed by atoms with van der Waals surface area (Å²) < 4.78 is 26.3. The summed E-state index contributed by atoms with van der Waals surface area (Å²) in [5.74, 6) is -1.43. The van der Waals surface area contributed by atoms with Crippen molar-refractivity contribution in [1.29, 1.82) is 0 Å². The number of carbonyl (C=O) groups excluding carboxylic acids is 2. The molecular weight excluding hydrogens is 376 g/mol. The number of hydrogen-bond donors (Lipinski definition) is 1. The van der Waals surface area contributed by atoms with Crippen LogP contribution in [0.4, 0.5) is 5.69 Å². The summed E-state index contributed by atoms with van der Waals surface area (Å²) in [6.07, 6.45) is 3.08. The molecule has 2 aromatic heterocycles. The fourth-order valence-electron chi connectivity index (χ4n) is 2.59. The van der Waals surface area contributed by atoms with E-state index in [1.54, 1.807) is 36.0 Å². The fourth-order valence-corrected chi connectivity index (χ4v) is 5.03. The van der Waals surface area contributed by atoms with Gasteiger partial charge in [0.1, 0.15) is 0 Å². The molecule has 0 aromatic carbocycles. The van der Waals surface area contributed by atoms with Crippen LogP contribution in [0, 0.1) is 6.92 Å². The van der Waals surface area contributed by atoms with Crippen LogP contribution in [0.2, 0.25) is 0 Å². The molecule has 1 aliphatic rings. The van der Waals surface area contributed by atoms with Crippen LogP contribution in [0.25, 0.3) is 0 Å². The molecule has 10 heteroatoms. The monoisotopic (exact) mass is 394 g/mol. The van der Waals surface area contributed by atoms with Crippen LogP contribution < -0.4 is 5.32 Å². The molecule has 0 aliphatic carbocycles. The Morgan fingerprint density at radius 3 is 2.54 bits per heavy atom. The van der Waals surface area contributed by atoms with Crippen LogP contribution in [0.5, 0.6) is 0 Å². The van der Waals surface area contributed by atoms with E-state index in [4.69, 9.17) is 0 Å². The number of anilines is 1. The zero-order chi connectivity index (χ0) is 18.7. The number of aryl methyl sites for hydroxylation is 1. The Hall–Kier alpha value is -2.30. The number of nitrogens with zero attached hydrogens (tertiary/aromatic N) is 3. The van der Waals surface area contributed by atoms with Crippen LogP contribution >= 0.6 is 11.3 Å².